The maximum absolute atomic E-state index is 12.9. The van der Waals surface area contributed by atoms with Crippen LogP contribution in [0.3, 0.4) is 0 Å². The smallest absolute Gasteiger partial charge is 0.322 e. The van der Waals surface area contributed by atoms with Gasteiger partial charge in [-0.1, -0.05) is 69.0 Å². The summed E-state index contributed by atoms with van der Waals surface area (Å²) in [5.74, 6) is 0.619. The Labute approximate surface area is 265 Å². The normalized spacial score (nSPS) is 12.2. The molecule has 1 unspecified atom stereocenters. The van der Waals surface area contributed by atoms with E-state index in [0.29, 0.717) is 17.1 Å². The second kappa shape index (κ2) is 16.2. The average Bonchev–Trinajstić information content (AvgIpc) is 3.03. The molecule has 1 heterocycles. The van der Waals surface area contributed by atoms with Crippen LogP contribution >= 0.6 is 0 Å². The number of aromatic nitrogens is 2. The van der Waals surface area contributed by atoms with Crippen molar-refractivity contribution >= 4 is 16.0 Å². The molecule has 0 amide bonds. The summed E-state index contributed by atoms with van der Waals surface area (Å²) in [5.41, 5.74) is 3.26. The van der Waals surface area contributed by atoms with Crippen LogP contribution in [0.4, 0.5) is 0 Å². The van der Waals surface area contributed by atoms with Crippen LogP contribution in [0.5, 0.6) is 11.5 Å². The monoisotopic (exact) mass is 631 g/mol. The number of hydrogen-bond donors (Lipinski definition) is 2. The van der Waals surface area contributed by atoms with E-state index in [0.717, 1.165) is 35.5 Å². The lowest BCUT2D eigenvalue weighted by Gasteiger charge is -2.16. The van der Waals surface area contributed by atoms with E-state index in [1.807, 2.05) is 38.1 Å². The number of rotatable bonds is 17. The van der Waals surface area contributed by atoms with Gasteiger partial charge in [0.25, 0.3) is 0 Å². The minimum absolute atomic E-state index is 0.0399. The largest absolute Gasteiger partial charge is 0.494 e. The van der Waals surface area contributed by atoms with E-state index in [1.54, 1.807) is 48.8 Å². The van der Waals surface area contributed by atoms with Crippen molar-refractivity contribution in [2.45, 2.75) is 76.3 Å². The number of nitrogens with zero attached hydrogens (tertiary/aromatic N) is 2. The van der Waals surface area contributed by atoms with E-state index in [1.165, 1.54) is 37.8 Å². The summed E-state index contributed by atoms with van der Waals surface area (Å²) >= 11 is 0. The van der Waals surface area contributed by atoms with Gasteiger partial charge in [-0.2, -0.15) is 4.72 Å². The highest BCUT2D eigenvalue weighted by Crippen LogP contribution is 2.24. The van der Waals surface area contributed by atoms with Gasteiger partial charge in [-0.05, 0) is 74.2 Å². The van der Waals surface area contributed by atoms with Gasteiger partial charge in [0, 0.05) is 23.5 Å². The zero-order chi connectivity index (χ0) is 32.2. The van der Waals surface area contributed by atoms with E-state index in [2.05, 4.69) is 21.6 Å². The fraction of sp³-hybridized carbons (Fsp3) is 0.343. The van der Waals surface area contributed by atoms with E-state index in [-0.39, 0.29) is 17.4 Å². The van der Waals surface area contributed by atoms with Gasteiger partial charge in [0.05, 0.1) is 17.6 Å². The molecule has 45 heavy (non-hydrogen) atoms. The lowest BCUT2D eigenvalue weighted by atomic mass is 10.0. The summed E-state index contributed by atoms with van der Waals surface area (Å²) in [6, 6.07) is 19.5. The molecule has 0 fully saturated rings. The number of carboxylic acids is 1. The molecule has 9 nitrogen and oxygen atoms in total. The summed E-state index contributed by atoms with van der Waals surface area (Å²) in [7, 11) is -4.07. The number of ether oxygens (including phenoxy) is 2. The Morgan fingerprint density at radius 1 is 0.800 bits per heavy atom. The molecule has 0 saturated carbocycles. The molecule has 0 aliphatic heterocycles. The van der Waals surface area contributed by atoms with Gasteiger partial charge in [-0.25, -0.2) is 18.4 Å². The van der Waals surface area contributed by atoms with Crippen molar-refractivity contribution in [3.05, 3.63) is 90.8 Å². The molecule has 1 atom stereocenters. The molecule has 4 aromatic rings. The average molecular weight is 632 g/mol. The first-order chi connectivity index (χ1) is 21.6. The zero-order valence-electron chi connectivity index (χ0n) is 26.0. The zero-order valence-corrected chi connectivity index (χ0v) is 26.8. The Morgan fingerprint density at radius 3 is 2.00 bits per heavy atom. The van der Waals surface area contributed by atoms with Crippen molar-refractivity contribution in [3.63, 3.8) is 0 Å². The van der Waals surface area contributed by atoms with Crippen molar-refractivity contribution < 1.29 is 27.8 Å². The fourth-order valence-electron chi connectivity index (χ4n) is 4.70. The highest BCUT2D eigenvalue weighted by atomic mass is 32.2. The molecule has 2 N–H and O–H groups in total. The van der Waals surface area contributed by atoms with Crippen LogP contribution in [-0.2, 0) is 21.2 Å². The third kappa shape index (κ3) is 10.1. The molecule has 10 heteroatoms. The summed E-state index contributed by atoms with van der Waals surface area (Å²) in [6.45, 7) is 6.66. The highest BCUT2D eigenvalue weighted by molar-refractivity contribution is 7.89. The Hall–Kier alpha value is -4.28. The summed E-state index contributed by atoms with van der Waals surface area (Å²) < 4.78 is 39.5. The quantitative estimate of drug-likeness (QED) is 0.120. The third-order valence-corrected chi connectivity index (χ3v) is 8.60. The number of benzene rings is 3. The van der Waals surface area contributed by atoms with Crippen LogP contribution in [0.15, 0.2) is 90.1 Å². The molecule has 0 spiro atoms. The molecule has 0 aliphatic rings. The second-order valence-corrected chi connectivity index (χ2v) is 12.8. The molecule has 0 saturated heterocycles. The topological polar surface area (TPSA) is 128 Å². The molecule has 1 aromatic heterocycles. The number of unbranched alkanes of at least 4 members (excludes halogenated alkanes) is 4. The molecule has 0 aliphatic carbocycles. The van der Waals surface area contributed by atoms with Crippen LogP contribution in [0.1, 0.15) is 58.4 Å². The van der Waals surface area contributed by atoms with Crippen LogP contribution < -0.4 is 14.2 Å². The predicted molar refractivity (Wildman–Crippen MR) is 175 cm³/mol. The van der Waals surface area contributed by atoms with Gasteiger partial charge in [0.2, 0.25) is 10.0 Å². The van der Waals surface area contributed by atoms with Gasteiger partial charge in [0.15, 0.2) is 5.82 Å². The second-order valence-electron chi connectivity index (χ2n) is 11.1. The van der Waals surface area contributed by atoms with Crippen LogP contribution in [0, 0.1) is 0 Å². The number of hydrogen-bond acceptors (Lipinski definition) is 7. The Bertz CT molecular complexity index is 1610. The van der Waals surface area contributed by atoms with Gasteiger partial charge in [0.1, 0.15) is 17.5 Å². The number of nitrogens with one attached hydrogen (secondary N) is 1. The van der Waals surface area contributed by atoms with Gasteiger partial charge < -0.3 is 14.6 Å². The van der Waals surface area contributed by atoms with E-state index < -0.39 is 22.0 Å². The Kier molecular flexibility index (Phi) is 12.1. The van der Waals surface area contributed by atoms with Crippen LogP contribution in [0.2, 0.25) is 0 Å². The minimum atomic E-state index is -4.07. The first-order valence-corrected chi connectivity index (χ1v) is 16.8. The number of aliphatic carboxylic acids is 1. The maximum Gasteiger partial charge on any atom is 0.322 e. The first kappa shape index (κ1) is 33.6. The molecule has 3 aromatic carbocycles. The summed E-state index contributed by atoms with van der Waals surface area (Å²) in [4.78, 5) is 21.0. The summed E-state index contributed by atoms with van der Waals surface area (Å²) in [5, 5.41) is 9.76. The van der Waals surface area contributed by atoms with Crippen LogP contribution in [-0.4, -0.2) is 48.2 Å². The SMILES string of the molecule is CCCCCCCOc1ccc(-c2cnc(-c3ccc(CC(NS(=O)(=O)c4ccc(OC(C)C)cc4)C(=O)O)cc3)nc2)cc1. The van der Waals surface area contributed by atoms with Gasteiger partial charge in [-0.3, -0.25) is 4.79 Å². The summed E-state index contributed by atoms with van der Waals surface area (Å²) in [6.07, 6.45) is 9.42. The number of carboxylic acid groups (broad SMARTS) is 1. The van der Waals surface area contributed by atoms with E-state index in [9.17, 15) is 18.3 Å². The molecule has 0 radical (unpaired) electrons. The molecule has 238 valence electrons. The number of sulfonamides is 1. The predicted octanol–water partition coefficient (Wildman–Crippen LogP) is 6.92. The van der Waals surface area contributed by atoms with Gasteiger partial charge >= 0.3 is 5.97 Å². The van der Waals surface area contributed by atoms with Crippen LogP contribution in [0.25, 0.3) is 22.5 Å². The van der Waals surface area contributed by atoms with Crippen molar-refractivity contribution in [1.29, 1.82) is 0 Å². The highest BCUT2D eigenvalue weighted by Gasteiger charge is 2.26. The molecular formula is C35H41N3O6S. The van der Waals surface area contributed by atoms with E-state index in [4.69, 9.17) is 9.47 Å². The lowest BCUT2D eigenvalue weighted by molar-refractivity contribution is -0.138. The first-order valence-electron chi connectivity index (χ1n) is 15.3. The standard InChI is InChI=1S/C35H41N3O6S/c1-4-5-6-7-8-21-43-30-15-13-27(14-16-30)29-23-36-34(37-24-29)28-11-9-26(10-12-28)22-33(35(39)40)38-45(41,42)32-19-17-31(18-20-32)44-25(2)3/h9-20,23-25,33,38H,4-8,21-22H2,1-3H3,(H,39,40). The Balaban J connectivity index is 1.34. The Morgan fingerprint density at radius 2 is 1.40 bits per heavy atom. The lowest BCUT2D eigenvalue weighted by Crippen LogP contribution is -2.42. The molecule has 4 rings (SSSR count). The maximum atomic E-state index is 12.9. The van der Waals surface area contributed by atoms with Crippen molar-refractivity contribution in [3.8, 4) is 34.0 Å². The van der Waals surface area contributed by atoms with Crippen molar-refractivity contribution in [2.24, 2.45) is 0 Å². The number of carbonyl (C=O) groups is 1. The van der Waals surface area contributed by atoms with Crippen molar-refractivity contribution in [2.75, 3.05) is 6.61 Å². The third-order valence-electron chi connectivity index (χ3n) is 7.11. The van der Waals surface area contributed by atoms with E-state index >= 15 is 0 Å². The van der Waals surface area contributed by atoms with Crippen molar-refractivity contribution in [1.82, 2.24) is 14.7 Å². The molecule has 0 bridgehead atoms. The minimum Gasteiger partial charge on any atom is -0.494 e. The molecular weight excluding hydrogens is 590 g/mol. The van der Waals surface area contributed by atoms with Gasteiger partial charge in [-0.15, -0.1) is 0 Å². The fourth-order valence-corrected chi connectivity index (χ4v) is 5.88.